The third kappa shape index (κ3) is 6.08. The average Bonchev–Trinajstić information content (AvgIpc) is 3.49. The number of nitrogens with one attached hydrogen (secondary N) is 3. The van der Waals surface area contributed by atoms with Crippen molar-refractivity contribution in [2.45, 2.75) is 88.6 Å². The van der Waals surface area contributed by atoms with Crippen LogP contribution in [0.1, 0.15) is 97.4 Å². The highest BCUT2D eigenvalue weighted by Crippen LogP contribution is 2.46. The summed E-state index contributed by atoms with van der Waals surface area (Å²) in [6.07, 6.45) is 1.67. The molecule has 2 unspecified atom stereocenters. The number of fused-ring (bicyclic) bond motifs is 1. The van der Waals surface area contributed by atoms with Crippen molar-refractivity contribution in [2.75, 3.05) is 0 Å². The Morgan fingerprint density at radius 1 is 1.02 bits per heavy atom. The second kappa shape index (κ2) is 10.4. The van der Waals surface area contributed by atoms with Crippen molar-refractivity contribution in [3.8, 4) is 0 Å². The second-order valence-corrected chi connectivity index (χ2v) is 12.0. The molecule has 3 aliphatic carbocycles. The van der Waals surface area contributed by atoms with Crippen LogP contribution in [-0.4, -0.2) is 43.9 Å². The van der Waals surface area contributed by atoms with Crippen molar-refractivity contribution in [3.05, 3.63) is 41.0 Å². The van der Waals surface area contributed by atoms with E-state index in [2.05, 4.69) is 35.5 Å². The van der Waals surface area contributed by atoms with Crippen LogP contribution in [0.3, 0.4) is 0 Å². The molecule has 9 nitrogen and oxygen atoms in total. The van der Waals surface area contributed by atoms with Crippen LogP contribution in [0.25, 0.3) is 11.0 Å². The smallest absolute Gasteiger partial charge is 0.276 e. The van der Waals surface area contributed by atoms with Crippen LogP contribution in [0.4, 0.5) is 17.6 Å². The first-order valence-corrected chi connectivity index (χ1v) is 14.1. The summed E-state index contributed by atoms with van der Waals surface area (Å²) in [6.45, 7) is 1.56. The molecule has 220 valence electrons. The fraction of sp³-hybridized carbons (Fsp3) is 0.607. The van der Waals surface area contributed by atoms with Crippen molar-refractivity contribution >= 4 is 22.8 Å². The van der Waals surface area contributed by atoms with Crippen LogP contribution in [0.15, 0.2) is 22.8 Å². The molecular weight excluding hydrogens is 544 g/mol. The molecule has 3 fully saturated rings. The van der Waals surface area contributed by atoms with Crippen molar-refractivity contribution in [1.82, 2.24) is 30.9 Å². The minimum absolute atomic E-state index is 0.0235. The zero-order valence-electron chi connectivity index (χ0n) is 22.6. The molecule has 13 heteroatoms. The lowest BCUT2D eigenvalue weighted by Gasteiger charge is -2.34. The molecule has 0 saturated heterocycles. The first-order chi connectivity index (χ1) is 19.5. The monoisotopic (exact) mass is 576 g/mol. The fourth-order valence-corrected chi connectivity index (χ4v) is 6.27. The van der Waals surface area contributed by atoms with Crippen LogP contribution < -0.4 is 10.6 Å². The molecule has 6 rings (SSSR count). The number of benzene rings is 1. The molecule has 3 aromatic rings. The predicted molar refractivity (Wildman–Crippen MR) is 138 cm³/mol. The van der Waals surface area contributed by atoms with Gasteiger partial charge in [-0.05, 0) is 73.2 Å². The molecule has 0 spiro atoms. The number of carbonyl (C=O) groups is 2. The Labute approximate surface area is 233 Å². The first-order valence-electron chi connectivity index (χ1n) is 14.1. The summed E-state index contributed by atoms with van der Waals surface area (Å²) in [7, 11) is 0. The lowest BCUT2D eigenvalue weighted by molar-refractivity contribution is -0.134. The van der Waals surface area contributed by atoms with Gasteiger partial charge in [0.25, 0.3) is 5.91 Å². The Morgan fingerprint density at radius 3 is 2.46 bits per heavy atom. The topological polar surface area (TPSA) is 126 Å². The Hall–Kier alpha value is -3.51. The standard InChI is InChI=1S/C28H32F4N6O3/c1-14-22(38-41-37-14)26(40)36-24(18-3-2-8-27(29,30)13-18)25-33-19-7-6-17(10-20(19)34-25)23(16-4-5-16)35-21(39)9-15-11-28(31,32)12-15/h6-7,10,15-16,18,23-24H,2-5,8-9,11-13H2,1H3,(H,33,34)(H,35,39)(H,36,40)/t18-,23?,24?/m1/s1. The van der Waals surface area contributed by atoms with Gasteiger partial charge in [0.05, 0.1) is 23.1 Å². The van der Waals surface area contributed by atoms with Gasteiger partial charge in [-0.1, -0.05) is 11.2 Å². The summed E-state index contributed by atoms with van der Waals surface area (Å²) in [4.78, 5) is 33.6. The third-order valence-electron chi connectivity index (χ3n) is 8.54. The van der Waals surface area contributed by atoms with Gasteiger partial charge in [0.1, 0.15) is 11.5 Å². The number of imidazole rings is 1. The molecule has 3 atom stereocenters. The highest BCUT2D eigenvalue weighted by molar-refractivity contribution is 5.93. The number of aromatic nitrogens is 4. The van der Waals surface area contributed by atoms with E-state index >= 15 is 0 Å². The minimum Gasteiger partial charge on any atom is -0.349 e. The number of alkyl halides is 4. The van der Waals surface area contributed by atoms with E-state index in [1.165, 1.54) is 0 Å². The van der Waals surface area contributed by atoms with Crippen LogP contribution in [-0.2, 0) is 4.79 Å². The Bertz CT molecular complexity index is 1440. The van der Waals surface area contributed by atoms with Gasteiger partial charge in [-0.15, -0.1) is 0 Å². The van der Waals surface area contributed by atoms with Crippen LogP contribution in [0.5, 0.6) is 0 Å². The highest BCUT2D eigenvalue weighted by atomic mass is 19.3. The highest BCUT2D eigenvalue weighted by Gasteiger charge is 2.46. The minimum atomic E-state index is -2.85. The van der Waals surface area contributed by atoms with E-state index < -0.39 is 29.7 Å². The van der Waals surface area contributed by atoms with Gasteiger partial charge < -0.3 is 15.6 Å². The van der Waals surface area contributed by atoms with Crippen molar-refractivity contribution in [3.63, 3.8) is 0 Å². The third-order valence-corrected chi connectivity index (χ3v) is 8.54. The Kier molecular flexibility index (Phi) is 7.01. The largest absolute Gasteiger partial charge is 0.349 e. The lowest BCUT2D eigenvalue weighted by atomic mass is 9.79. The molecule has 2 amide bonds. The Balaban J connectivity index is 1.24. The molecule has 2 heterocycles. The number of hydrogen-bond donors (Lipinski definition) is 3. The van der Waals surface area contributed by atoms with Gasteiger partial charge in [-0.25, -0.2) is 27.2 Å². The number of hydrogen-bond acceptors (Lipinski definition) is 6. The van der Waals surface area contributed by atoms with Gasteiger partial charge in [-0.2, -0.15) is 0 Å². The van der Waals surface area contributed by atoms with E-state index in [9.17, 15) is 27.2 Å². The zero-order valence-corrected chi connectivity index (χ0v) is 22.6. The van der Waals surface area contributed by atoms with Gasteiger partial charge >= 0.3 is 0 Å². The van der Waals surface area contributed by atoms with E-state index in [1.807, 2.05) is 12.1 Å². The van der Waals surface area contributed by atoms with Crippen molar-refractivity contribution < 1.29 is 31.8 Å². The van der Waals surface area contributed by atoms with E-state index in [1.54, 1.807) is 13.0 Å². The molecule has 3 N–H and O–H groups in total. The Morgan fingerprint density at radius 2 is 1.80 bits per heavy atom. The van der Waals surface area contributed by atoms with Gasteiger partial charge in [0.15, 0.2) is 5.69 Å². The quantitative estimate of drug-likeness (QED) is 0.287. The van der Waals surface area contributed by atoms with E-state index in [-0.39, 0.29) is 67.3 Å². The molecule has 1 aromatic carbocycles. The number of nitrogens with zero attached hydrogens (tertiary/aromatic N) is 3. The maximum atomic E-state index is 14.4. The summed E-state index contributed by atoms with van der Waals surface area (Å²) in [6, 6.07) is 4.42. The zero-order chi connectivity index (χ0) is 28.9. The summed E-state index contributed by atoms with van der Waals surface area (Å²) >= 11 is 0. The molecule has 2 aromatic heterocycles. The number of carbonyl (C=O) groups excluding carboxylic acids is 2. The van der Waals surface area contributed by atoms with Gasteiger partial charge in [0, 0.05) is 32.1 Å². The second-order valence-electron chi connectivity index (χ2n) is 12.0. The molecule has 3 aliphatic rings. The summed E-state index contributed by atoms with van der Waals surface area (Å²) < 4.78 is 59.9. The summed E-state index contributed by atoms with van der Waals surface area (Å²) in [5, 5.41) is 13.1. The van der Waals surface area contributed by atoms with Gasteiger partial charge in [-0.3, -0.25) is 9.59 Å². The fourth-order valence-electron chi connectivity index (χ4n) is 6.27. The summed E-state index contributed by atoms with van der Waals surface area (Å²) in [5.74, 6) is -6.63. The molecule has 0 aliphatic heterocycles. The molecule has 41 heavy (non-hydrogen) atoms. The number of aryl methyl sites for hydroxylation is 1. The first kappa shape index (κ1) is 27.6. The van der Waals surface area contributed by atoms with E-state index in [0.717, 1.165) is 18.4 Å². The molecular formula is C28H32F4N6O3. The predicted octanol–water partition coefficient (Wildman–Crippen LogP) is 5.55. The summed E-state index contributed by atoms with van der Waals surface area (Å²) in [5.41, 5.74) is 2.32. The number of H-pyrrole nitrogens is 1. The van der Waals surface area contributed by atoms with Crippen LogP contribution in [0.2, 0.25) is 0 Å². The number of amides is 2. The molecule has 0 radical (unpaired) electrons. The molecule has 3 saturated carbocycles. The van der Waals surface area contributed by atoms with Crippen LogP contribution >= 0.6 is 0 Å². The number of rotatable bonds is 9. The maximum absolute atomic E-state index is 14.4. The number of halogens is 4. The van der Waals surface area contributed by atoms with Crippen molar-refractivity contribution in [2.24, 2.45) is 17.8 Å². The molecule has 0 bridgehead atoms. The lowest BCUT2D eigenvalue weighted by Crippen LogP contribution is -2.39. The normalized spacial score (nSPS) is 23.5. The van der Waals surface area contributed by atoms with Crippen LogP contribution in [0, 0.1) is 24.7 Å². The average molecular weight is 577 g/mol. The van der Waals surface area contributed by atoms with E-state index in [0.29, 0.717) is 29.7 Å². The number of aromatic amines is 1. The SMILES string of the molecule is Cc1nonc1C(=O)NC(c1nc2ccc(C(NC(=O)CC3CC(F)(F)C3)C3CC3)cc2[nH]1)[C@@H]1CCCC(F)(F)C1. The maximum Gasteiger partial charge on any atom is 0.276 e. The van der Waals surface area contributed by atoms with E-state index in [4.69, 9.17) is 0 Å². The van der Waals surface area contributed by atoms with Gasteiger partial charge in [0.2, 0.25) is 17.8 Å². The van der Waals surface area contributed by atoms with Crippen molar-refractivity contribution in [1.29, 1.82) is 0 Å².